The van der Waals surface area contributed by atoms with Gasteiger partial charge in [0, 0.05) is 19.1 Å². The third kappa shape index (κ3) is 3.30. The first-order valence-electron chi connectivity index (χ1n) is 6.41. The Balaban J connectivity index is 2.17. The van der Waals surface area contributed by atoms with Crippen LogP contribution in [0.4, 0.5) is 5.69 Å². The average Bonchev–Trinajstić information content (AvgIpc) is 2.84. The van der Waals surface area contributed by atoms with Gasteiger partial charge in [0.15, 0.2) is 6.61 Å². The summed E-state index contributed by atoms with van der Waals surface area (Å²) in [6, 6.07) is 9.52. The molecule has 0 N–H and O–H groups in total. The molecule has 1 aromatic rings. The van der Waals surface area contributed by atoms with Crippen LogP contribution < -0.4 is 4.90 Å². The number of esters is 1. The second kappa shape index (κ2) is 7.11. The molecule has 22 heavy (non-hydrogen) atoms. The lowest BCUT2D eigenvalue weighted by molar-refractivity contribution is -0.150. The number of ether oxygens (including phenoxy) is 2. The summed E-state index contributed by atoms with van der Waals surface area (Å²) in [6.45, 7) is -0.703. The quantitative estimate of drug-likeness (QED) is 0.464. The van der Waals surface area contributed by atoms with Gasteiger partial charge in [0.05, 0.1) is 5.69 Å². The molecule has 0 radical (unpaired) electrons. The van der Waals surface area contributed by atoms with Crippen LogP contribution in [0.2, 0.25) is 0 Å². The van der Waals surface area contributed by atoms with Crippen molar-refractivity contribution in [3.8, 4) is 6.07 Å². The van der Waals surface area contributed by atoms with Crippen LogP contribution in [0, 0.1) is 11.3 Å². The number of hydrogen-bond donors (Lipinski definition) is 0. The second-order valence-electron chi connectivity index (χ2n) is 4.44. The summed E-state index contributed by atoms with van der Waals surface area (Å²) in [6.07, 6.45) is 0. The van der Waals surface area contributed by atoms with E-state index in [4.69, 9.17) is 4.74 Å². The maximum absolute atomic E-state index is 12.1. The number of ketones is 1. The third-order valence-electron chi connectivity index (χ3n) is 2.97. The van der Waals surface area contributed by atoms with Crippen LogP contribution in [0.5, 0.6) is 0 Å². The number of methoxy groups -OCH3 is 1. The van der Waals surface area contributed by atoms with Crippen molar-refractivity contribution in [1.29, 1.82) is 5.26 Å². The van der Waals surface area contributed by atoms with Gasteiger partial charge in [-0.3, -0.25) is 4.79 Å². The fraction of sp³-hybridized carbons (Fsp3) is 0.267. The molecule has 0 amide bonds. The lowest BCUT2D eigenvalue weighted by atomic mass is 10.2. The van der Waals surface area contributed by atoms with Gasteiger partial charge in [-0.1, -0.05) is 23.9 Å². The topological polar surface area (TPSA) is 79.6 Å². The lowest BCUT2D eigenvalue weighted by Crippen LogP contribution is -2.21. The molecule has 1 aliphatic heterocycles. The van der Waals surface area contributed by atoms with Crippen LogP contribution in [0.3, 0.4) is 0 Å². The van der Waals surface area contributed by atoms with E-state index in [1.807, 2.05) is 30.3 Å². The SMILES string of the molecule is COCC(=O)OCC(=O)/C(C#N)=C1\Sc2ccccc2N1C. The highest BCUT2D eigenvalue weighted by molar-refractivity contribution is 8.03. The van der Waals surface area contributed by atoms with E-state index in [9.17, 15) is 14.9 Å². The molecular weight excluding hydrogens is 304 g/mol. The number of Topliss-reactive ketones (excluding diaryl/α,β-unsaturated/α-hetero) is 1. The zero-order valence-corrected chi connectivity index (χ0v) is 13.0. The highest BCUT2D eigenvalue weighted by atomic mass is 32.2. The van der Waals surface area contributed by atoms with Crippen LogP contribution >= 0.6 is 11.8 Å². The Morgan fingerprint density at radius 2 is 2.05 bits per heavy atom. The fourth-order valence-corrected chi connectivity index (χ4v) is 3.09. The first-order valence-corrected chi connectivity index (χ1v) is 7.23. The van der Waals surface area contributed by atoms with E-state index in [2.05, 4.69) is 4.74 Å². The average molecular weight is 318 g/mol. The molecule has 0 atom stereocenters. The molecule has 0 aromatic heterocycles. The van der Waals surface area contributed by atoms with Gasteiger partial charge in [0.1, 0.15) is 23.3 Å². The van der Waals surface area contributed by atoms with Crippen molar-refractivity contribution in [2.45, 2.75) is 4.90 Å². The summed E-state index contributed by atoms with van der Waals surface area (Å²) in [5.41, 5.74) is 0.911. The van der Waals surface area contributed by atoms with Gasteiger partial charge >= 0.3 is 5.97 Å². The molecule has 1 aromatic carbocycles. The van der Waals surface area contributed by atoms with E-state index in [1.165, 1.54) is 18.9 Å². The minimum Gasteiger partial charge on any atom is -0.456 e. The number of nitriles is 1. The molecule has 0 fully saturated rings. The normalized spacial score (nSPS) is 15.0. The maximum Gasteiger partial charge on any atom is 0.332 e. The highest BCUT2D eigenvalue weighted by Crippen LogP contribution is 2.45. The summed E-state index contributed by atoms with van der Waals surface area (Å²) in [7, 11) is 3.14. The smallest absolute Gasteiger partial charge is 0.332 e. The number of anilines is 1. The molecule has 1 aliphatic rings. The van der Waals surface area contributed by atoms with Crippen molar-refractivity contribution in [2.75, 3.05) is 32.3 Å². The summed E-state index contributed by atoms with van der Waals surface area (Å²) in [4.78, 5) is 26.1. The Morgan fingerprint density at radius 1 is 1.32 bits per heavy atom. The number of carbonyl (C=O) groups is 2. The molecule has 2 rings (SSSR count). The standard InChI is InChI=1S/C15H14N2O4S/c1-17-11-5-3-4-6-13(11)22-15(17)10(7-16)12(18)8-21-14(19)9-20-2/h3-6H,8-9H2,1-2H3/b15-10-. The molecule has 1 heterocycles. The van der Waals surface area contributed by atoms with E-state index < -0.39 is 18.4 Å². The lowest BCUT2D eigenvalue weighted by Gasteiger charge is -2.14. The zero-order chi connectivity index (χ0) is 16.1. The van der Waals surface area contributed by atoms with E-state index in [-0.39, 0.29) is 12.2 Å². The third-order valence-corrected chi connectivity index (χ3v) is 4.21. The van der Waals surface area contributed by atoms with E-state index in [0.717, 1.165) is 10.6 Å². The van der Waals surface area contributed by atoms with Crippen LogP contribution in [-0.2, 0) is 19.1 Å². The van der Waals surface area contributed by atoms with E-state index in [0.29, 0.717) is 5.03 Å². The van der Waals surface area contributed by atoms with Crippen molar-refractivity contribution >= 4 is 29.2 Å². The Kier molecular flexibility index (Phi) is 5.20. The van der Waals surface area contributed by atoms with Crippen molar-refractivity contribution in [2.24, 2.45) is 0 Å². The fourth-order valence-electron chi connectivity index (χ4n) is 1.93. The largest absolute Gasteiger partial charge is 0.456 e. The summed E-state index contributed by atoms with van der Waals surface area (Å²) in [5.74, 6) is -1.18. The Labute approximate surface area is 132 Å². The maximum atomic E-state index is 12.1. The van der Waals surface area contributed by atoms with Gasteiger partial charge in [0.2, 0.25) is 5.78 Å². The Morgan fingerprint density at radius 3 is 2.68 bits per heavy atom. The summed E-state index contributed by atoms with van der Waals surface area (Å²) < 4.78 is 9.38. The van der Waals surface area contributed by atoms with Crippen molar-refractivity contribution in [3.05, 3.63) is 34.9 Å². The van der Waals surface area contributed by atoms with Gasteiger partial charge in [-0.05, 0) is 12.1 Å². The van der Waals surface area contributed by atoms with Crippen LogP contribution in [0.1, 0.15) is 0 Å². The number of para-hydroxylation sites is 1. The molecule has 6 nitrogen and oxygen atoms in total. The molecule has 0 spiro atoms. The Hall–Kier alpha value is -2.30. The van der Waals surface area contributed by atoms with Gasteiger partial charge in [-0.2, -0.15) is 5.26 Å². The summed E-state index contributed by atoms with van der Waals surface area (Å²) in [5, 5.41) is 9.83. The first kappa shape index (κ1) is 16.1. The number of thioether (sulfide) groups is 1. The number of nitrogens with zero attached hydrogens (tertiary/aromatic N) is 2. The van der Waals surface area contributed by atoms with Crippen molar-refractivity contribution in [3.63, 3.8) is 0 Å². The van der Waals surface area contributed by atoms with Crippen molar-refractivity contribution in [1.82, 2.24) is 0 Å². The molecule has 0 bridgehead atoms. The molecule has 0 saturated heterocycles. The van der Waals surface area contributed by atoms with Gasteiger partial charge in [0.25, 0.3) is 0 Å². The molecular formula is C15H14N2O4S. The first-order chi connectivity index (χ1) is 10.6. The highest BCUT2D eigenvalue weighted by Gasteiger charge is 2.28. The van der Waals surface area contributed by atoms with E-state index >= 15 is 0 Å². The number of fused-ring (bicyclic) bond motifs is 1. The van der Waals surface area contributed by atoms with Gasteiger partial charge in [-0.15, -0.1) is 0 Å². The number of rotatable bonds is 5. The molecule has 0 aliphatic carbocycles. The van der Waals surface area contributed by atoms with Crippen LogP contribution in [-0.4, -0.2) is 39.1 Å². The van der Waals surface area contributed by atoms with Crippen LogP contribution in [0.15, 0.2) is 39.8 Å². The molecule has 0 saturated carbocycles. The molecule has 7 heteroatoms. The van der Waals surface area contributed by atoms with Crippen LogP contribution in [0.25, 0.3) is 0 Å². The summed E-state index contributed by atoms with van der Waals surface area (Å²) >= 11 is 1.35. The number of hydrogen-bond acceptors (Lipinski definition) is 7. The predicted molar refractivity (Wildman–Crippen MR) is 81.2 cm³/mol. The number of benzene rings is 1. The Bertz CT molecular complexity index is 678. The minimum absolute atomic E-state index is 0.0195. The predicted octanol–water partition coefficient (Wildman–Crippen LogP) is 1.72. The second-order valence-corrected chi connectivity index (χ2v) is 5.47. The zero-order valence-electron chi connectivity index (χ0n) is 12.2. The van der Waals surface area contributed by atoms with Gasteiger partial charge in [-0.25, -0.2) is 4.79 Å². The van der Waals surface area contributed by atoms with Gasteiger partial charge < -0.3 is 14.4 Å². The molecule has 114 valence electrons. The van der Waals surface area contributed by atoms with Crippen molar-refractivity contribution < 1.29 is 19.1 Å². The van der Waals surface area contributed by atoms with E-state index in [1.54, 1.807) is 11.9 Å². The molecule has 0 unspecified atom stereocenters. The minimum atomic E-state index is -0.645. The monoisotopic (exact) mass is 318 g/mol. The number of carbonyl (C=O) groups excluding carboxylic acids is 2.